The van der Waals surface area contributed by atoms with Gasteiger partial charge in [0.1, 0.15) is 22.3 Å². The van der Waals surface area contributed by atoms with Crippen molar-refractivity contribution in [2.24, 2.45) is 0 Å². The Labute approximate surface area is 356 Å². The molecular weight excluding hydrogens is 757 g/mol. The molecule has 10 aromatic carbocycles. The molecule has 13 aromatic rings. The molecule has 0 spiro atoms. The van der Waals surface area contributed by atoms with Crippen molar-refractivity contribution < 1.29 is 8.83 Å². The number of aromatic nitrogens is 1. The Balaban J connectivity index is 1.04. The highest BCUT2D eigenvalue weighted by molar-refractivity contribution is 6.17. The van der Waals surface area contributed by atoms with Crippen LogP contribution in [-0.2, 0) is 0 Å². The summed E-state index contributed by atoms with van der Waals surface area (Å²) in [7, 11) is 0. The smallest absolute Gasteiger partial charge is 0.136 e. The summed E-state index contributed by atoms with van der Waals surface area (Å²) in [6, 6.07) is 78.1. The van der Waals surface area contributed by atoms with Crippen LogP contribution in [0.2, 0.25) is 0 Å². The molecule has 0 unspecified atom stereocenters. The third-order valence-corrected chi connectivity index (χ3v) is 12.6. The maximum absolute atomic E-state index is 6.62. The van der Waals surface area contributed by atoms with Crippen molar-refractivity contribution in [1.29, 1.82) is 0 Å². The predicted octanol–water partition coefficient (Wildman–Crippen LogP) is 16.5. The fourth-order valence-corrected chi connectivity index (χ4v) is 9.77. The SMILES string of the molecule is c1ccc(N(c2ccc(-c3ccc4c(c3)oc3ccccc34)cc2)c2ccccc2-n2c3ccccc3c3ccccc32)c(-c2cccc3oc4cc5ccccc5cc4c23)c1. The molecule has 62 heavy (non-hydrogen) atoms. The van der Waals surface area contributed by atoms with E-state index in [-0.39, 0.29) is 0 Å². The summed E-state index contributed by atoms with van der Waals surface area (Å²) in [6.45, 7) is 0. The zero-order valence-electron chi connectivity index (χ0n) is 33.5. The minimum absolute atomic E-state index is 0.866. The molecule has 290 valence electrons. The summed E-state index contributed by atoms with van der Waals surface area (Å²) in [5.74, 6) is 0. The van der Waals surface area contributed by atoms with E-state index < -0.39 is 0 Å². The fourth-order valence-electron chi connectivity index (χ4n) is 9.77. The molecule has 4 heteroatoms. The van der Waals surface area contributed by atoms with Crippen molar-refractivity contribution in [1.82, 2.24) is 4.57 Å². The Morgan fingerprint density at radius 2 is 0.903 bits per heavy atom. The van der Waals surface area contributed by atoms with Gasteiger partial charge in [0, 0.05) is 43.6 Å². The lowest BCUT2D eigenvalue weighted by Gasteiger charge is -2.30. The van der Waals surface area contributed by atoms with Gasteiger partial charge in [-0.05, 0) is 106 Å². The van der Waals surface area contributed by atoms with Crippen LogP contribution in [0, 0.1) is 0 Å². The molecule has 0 aliphatic carbocycles. The van der Waals surface area contributed by atoms with Crippen molar-refractivity contribution in [2.45, 2.75) is 0 Å². The van der Waals surface area contributed by atoms with Gasteiger partial charge >= 0.3 is 0 Å². The second-order valence-electron chi connectivity index (χ2n) is 16.0. The van der Waals surface area contributed by atoms with Gasteiger partial charge in [0.2, 0.25) is 0 Å². The second-order valence-corrected chi connectivity index (χ2v) is 16.0. The van der Waals surface area contributed by atoms with Crippen molar-refractivity contribution in [2.75, 3.05) is 4.90 Å². The van der Waals surface area contributed by atoms with Crippen molar-refractivity contribution in [3.8, 4) is 27.9 Å². The van der Waals surface area contributed by atoms with Crippen LogP contribution in [0.1, 0.15) is 0 Å². The standard InChI is InChI=1S/C58H36N2O2/c1-2-15-39-35-57-48(34-38(39)14-1)58-47(20-13-27-55(58)62-57)44-18-5-7-21-49(44)59(41-31-28-37(29-32-41)40-30-33-46-45-19-6-12-26-54(45)61-56(46)36-40)52-24-10-11-25-53(52)60-50-22-8-3-16-42(50)43-17-4-9-23-51(43)60/h1-36H. The molecule has 3 aromatic heterocycles. The zero-order chi connectivity index (χ0) is 40.7. The Morgan fingerprint density at radius 1 is 0.339 bits per heavy atom. The summed E-state index contributed by atoms with van der Waals surface area (Å²) >= 11 is 0. The Kier molecular flexibility index (Phi) is 7.57. The van der Waals surface area contributed by atoms with Gasteiger partial charge in [-0.3, -0.25) is 0 Å². The van der Waals surface area contributed by atoms with Crippen LogP contribution in [0.3, 0.4) is 0 Å². The van der Waals surface area contributed by atoms with Crippen LogP contribution in [0.5, 0.6) is 0 Å². The van der Waals surface area contributed by atoms with E-state index >= 15 is 0 Å². The van der Waals surface area contributed by atoms with Gasteiger partial charge in [0.05, 0.1) is 28.1 Å². The molecule has 0 N–H and O–H groups in total. The molecule has 3 heterocycles. The highest BCUT2D eigenvalue weighted by Crippen LogP contribution is 2.48. The second kappa shape index (κ2) is 13.6. The summed E-state index contributed by atoms with van der Waals surface area (Å²) in [6.07, 6.45) is 0. The molecule has 0 bridgehead atoms. The average molecular weight is 793 g/mol. The summed E-state index contributed by atoms with van der Waals surface area (Å²) in [5, 5.41) is 9.26. The van der Waals surface area contributed by atoms with Crippen LogP contribution >= 0.6 is 0 Å². The van der Waals surface area contributed by atoms with Crippen molar-refractivity contribution >= 4 is 93.5 Å². The van der Waals surface area contributed by atoms with Crippen LogP contribution < -0.4 is 4.90 Å². The molecule has 0 radical (unpaired) electrons. The van der Waals surface area contributed by atoms with E-state index in [0.29, 0.717) is 0 Å². The molecule has 0 saturated heterocycles. The number of para-hydroxylation sites is 6. The van der Waals surface area contributed by atoms with Gasteiger partial charge in [-0.15, -0.1) is 0 Å². The van der Waals surface area contributed by atoms with Gasteiger partial charge in [0.25, 0.3) is 0 Å². The number of anilines is 3. The van der Waals surface area contributed by atoms with Gasteiger partial charge in [-0.25, -0.2) is 0 Å². The van der Waals surface area contributed by atoms with Crippen LogP contribution in [0.15, 0.2) is 227 Å². The first kappa shape index (κ1) is 34.5. The first-order chi connectivity index (χ1) is 30.7. The Morgan fingerprint density at radius 3 is 1.71 bits per heavy atom. The van der Waals surface area contributed by atoms with Gasteiger partial charge < -0.3 is 18.3 Å². The number of nitrogens with zero attached hydrogens (tertiary/aromatic N) is 2. The highest BCUT2D eigenvalue weighted by atomic mass is 16.3. The van der Waals surface area contributed by atoms with Crippen molar-refractivity contribution in [3.05, 3.63) is 218 Å². The minimum atomic E-state index is 0.866. The first-order valence-electron chi connectivity index (χ1n) is 21.1. The third-order valence-electron chi connectivity index (χ3n) is 12.6. The van der Waals surface area contributed by atoms with Gasteiger partial charge in [-0.2, -0.15) is 0 Å². The zero-order valence-corrected chi connectivity index (χ0v) is 33.5. The topological polar surface area (TPSA) is 34.5 Å². The lowest BCUT2D eigenvalue weighted by atomic mass is 9.96. The van der Waals surface area contributed by atoms with Crippen molar-refractivity contribution in [3.63, 3.8) is 0 Å². The lowest BCUT2D eigenvalue weighted by Crippen LogP contribution is -2.14. The number of hydrogen-bond acceptors (Lipinski definition) is 3. The number of fused-ring (bicyclic) bond motifs is 10. The van der Waals surface area contributed by atoms with E-state index in [1.165, 1.54) is 16.2 Å². The Hall–Kier alpha value is -8.34. The van der Waals surface area contributed by atoms with E-state index in [4.69, 9.17) is 8.83 Å². The third kappa shape index (κ3) is 5.27. The summed E-state index contributed by atoms with van der Waals surface area (Å²) in [5.41, 5.74) is 14.5. The highest BCUT2D eigenvalue weighted by Gasteiger charge is 2.24. The normalized spacial score (nSPS) is 11.9. The van der Waals surface area contributed by atoms with Crippen LogP contribution in [0.4, 0.5) is 17.1 Å². The average Bonchev–Trinajstić information content (AvgIpc) is 4.00. The quantitative estimate of drug-likeness (QED) is 0.168. The molecule has 0 aliphatic heterocycles. The molecule has 4 nitrogen and oxygen atoms in total. The number of rotatable bonds is 6. The van der Waals surface area contributed by atoms with Gasteiger partial charge in [0.15, 0.2) is 0 Å². The van der Waals surface area contributed by atoms with E-state index in [0.717, 1.165) is 105 Å². The molecule has 13 rings (SSSR count). The maximum atomic E-state index is 6.62. The van der Waals surface area contributed by atoms with E-state index in [1.807, 2.05) is 12.1 Å². The largest absolute Gasteiger partial charge is 0.456 e. The molecule has 0 amide bonds. The minimum Gasteiger partial charge on any atom is -0.456 e. The van der Waals surface area contributed by atoms with E-state index in [1.54, 1.807) is 0 Å². The number of furan rings is 2. The molecule has 0 aliphatic rings. The van der Waals surface area contributed by atoms with Crippen LogP contribution in [-0.4, -0.2) is 4.57 Å². The molecule has 0 saturated carbocycles. The summed E-state index contributed by atoms with van der Waals surface area (Å²) < 4.78 is 15.3. The molecule has 0 atom stereocenters. The maximum Gasteiger partial charge on any atom is 0.136 e. The Bertz CT molecular complexity index is 3830. The van der Waals surface area contributed by atoms with Gasteiger partial charge in [-0.1, -0.05) is 140 Å². The van der Waals surface area contributed by atoms with Crippen LogP contribution in [0.25, 0.3) is 104 Å². The first-order valence-corrected chi connectivity index (χ1v) is 21.1. The monoisotopic (exact) mass is 792 g/mol. The molecule has 0 fully saturated rings. The number of benzene rings is 10. The molecular formula is C58H36N2O2. The van der Waals surface area contributed by atoms with E-state index in [9.17, 15) is 0 Å². The predicted molar refractivity (Wildman–Crippen MR) is 258 cm³/mol. The number of hydrogen-bond donors (Lipinski definition) is 0. The van der Waals surface area contributed by atoms with E-state index in [2.05, 4.69) is 216 Å². The summed E-state index contributed by atoms with van der Waals surface area (Å²) in [4.78, 5) is 2.43. The lowest BCUT2D eigenvalue weighted by molar-refractivity contribution is 0.669. The fraction of sp³-hybridized carbons (Fsp3) is 0.